The predicted octanol–water partition coefficient (Wildman–Crippen LogP) is 3.31. The van der Waals surface area contributed by atoms with Gasteiger partial charge in [-0.2, -0.15) is 0 Å². The molecular weight excluding hydrogens is 326 g/mol. The molecule has 1 saturated heterocycles. The number of nitrogens with zero attached hydrogens (tertiary/aromatic N) is 2. The molecule has 2 heterocycles. The quantitative estimate of drug-likeness (QED) is 0.904. The monoisotopic (exact) mass is 347 g/mol. The molecule has 2 N–H and O–H groups in total. The van der Waals surface area contributed by atoms with Gasteiger partial charge in [0.25, 0.3) is 0 Å². The predicted molar refractivity (Wildman–Crippen MR) is 92.9 cm³/mol. The number of nitrogens with two attached hydrogens (primary N) is 1. The van der Waals surface area contributed by atoms with Gasteiger partial charge in [0, 0.05) is 30.1 Å². The van der Waals surface area contributed by atoms with Crippen LogP contribution in [0.3, 0.4) is 0 Å². The largest absolute Gasteiger partial charge is 0.440 e. The van der Waals surface area contributed by atoms with Crippen LogP contribution in [0.2, 0.25) is 5.02 Å². The van der Waals surface area contributed by atoms with Crippen molar-refractivity contribution in [2.24, 2.45) is 11.7 Å². The maximum Gasteiger partial charge on any atom is 0.227 e. The molecule has 2 atom stereocenters. The number of fused-ring (bicyclic) bond motifs is 1. The first-order valence-electron chi connectivity index (χ1n) is 8.72. The van der Waals surface area contributed by atoms with Gasteiger partial charge in [0.1, 0.15) is 5.52 Å². The van der Waals surface area contributed by atoms with Crippen LogP contribution >= 0.6 is 11.6 Å². The topological polar surface area (TPSA) is 72.4 Å². The molecule has 128 valence electrons. The highest BCUT2D eigenvalue weighted by Crippen LogP contribution is 2.33. The van der Waals surface area contributed by atoms with E-state index in [1.54, 1.807) is 0 Å². The van der Waals surface area contributed by atoms with Crippen molar-refractivity contribution in [2.45, 2.75) is 44.1 Å². The first-order valence-corrected chi connectivity index (χ1v) is 9.10. The number of oxazole rings is 1. The number of rotatable bonds is 2. The summed E-state index contributed by atoms with van der Waals surface area (Å²) in [7, 11) is 0. The number of carbonyl (C=O) groups excluding carboxylic acids is 1. The first kappa shape index (κ1) is 15.9. The van der Waals surface area contributed by atoms with Crippen LogP contribution in [0.4, 0.5) is 0 Å². The lowest BCUT2D eigenvalue weighted by molar-refractivity contribution is -0.136. The fraction of sp³-hybridized carbons (Fsp3) is 0.556. The summed E-state index contributed by atoms with van der Waals surface area (Å²) in [6.45, 7) is 1.51. The number of benzene rings is 1. The van der Waals surface area contributed by atoms with Crippen LogP contribution in [0.5, 0.6) is 0 Å². The second-order valence-corrected chi connectivity index (χ2v) is 7.40. The van der Waals surface area contributed by atoms with Crippen LogP contribution < -0.4 is 5.73 Å². The number of piperidine rings is 1. The second kappa shape index (κ2) is 6.37. The molecule has 1 aliphatic carbocycles. The highest BCUT2D eigenvalue weighted by molar-refractivity contribution is 6.31. The minimum atomic E-state index is 0.0213. The molecule has 4 rings (SSSR count). The SMILES string of the molecule is N[C@@H]1CCC[C@@H]1C(=O)N1CCC(c2nc3cc(Cl)ccc3o2)CC1. The first-order chi connectivity index (χ1) is 11.6. The van der Waals surface area contributed by atoms with E-state index in [4.69, 9.17) is 21.8 Å². The van der Waals surface area contributed by atoms with Gasteiger partial charge in [0.15, 0.2) is 11.5 Å². The van der Waals surface area contributed by atoms with Gasteiger partial charge in [0.05, 0.1) is 5.92 Å². The average molecular weight is 348 g/mol. The van der Waals surface area contributed by atoms with E-state index in [0.29, 0.717) is 5.02 Å². The van der Waals surface area contributed by atoms with E-state index in [-0.39, 0.29) is 23.8 Å². The van der Waals surface area contributed by atoms with Gasteiger partial charge in [-0.15, -0.1) is 0 Å². The van der Waals surface area contributed by atoms with Gasteiger partial charge in [-0.25, -0.2) is 4.98 Å². The van der Waals surface area contributed by atoms with Crippen molar-refractivity contribution in [3.8, 4) is 0 Å². The van der Waals surface area contributed by atoms with Crippen molar-refractivity contribution in [1.29, 1.82) is 0 Å². The fourth-order valence-electron chi connectivity index (χ4n) is 3.97. The fourth-order valence-corrected chi connectivity index (χ4v) is 4.14. The molecule has 0 bridgehead atoms. The van der Waals surface area contributed by atoms with Crippen molar-refractivity contribution in [3.05, 3.63) is 29.1 Å². The van der Waals surface area contributed by atoms with E-state index in [0.717, 1.165) is 62.2 Å². The standard InChI is InChI=1S/C18H22ClN3O2/c19-12-4-5-16-15(10-12)21-17(24-16)11-6-8-22(9-7-11)18(23)13-2-1-3-14(13)20/h4-5,10-11,13-14H,1-3,6-9,20H2/t13-,14+/m0/s1. The highest BCUT2D eigenvalue weighted by Gasteiger charge is 2.35. The van der Waals surface area contributed by atoms with E-state index < -0.39 is 0 Å². The number of amides is 1. The lowest BCUT2D eigenvalue weighted by Gasteiger charge is -2.33. The number of halogens is 1. The Morgan fingerprint density at radius 2 is 2.04 bits per heavy atom. The summed E-state index contributed by atoms with van der Waals surface area (Å²) in [5.41, 5.74) is 7.64. The molecule has 0 radical (unpaired) electrons. The maximum absolute atomic E-state index is 12.6. The molecule has 1 aromatic carbocycles. The number of likely N-dealkylation sites (tertiary alicyclic amines) is 1. The Hall–Kier alpha value is -1.59. The van der Waals surface area contributed by atoms with Crippen LogP contribution in [-0.2, 0) is 4.79 Å². The molecule has 1 aromatic heterocycles. The molecule has 2 aliphatic rings. The molecule has 24 heavy (non-hydrogen) atoms. The molecule has 1 aliphatic heterocycles. The molecule has 2 fully saturated rings. The van der Waals surface area contributed by atoms with Crippen molar-refractivity contribution < 1.29 is 9.21 Å². The molecular formula is C18H22ClN3O2. The van der Waals surface area contributed by atoms with Gasteiger partial charge in [-0.1, -0.05) is 18.0 Å². The number of hydrogen-bond donors (Lipinski definition) is 1. The Morgan fingerprint density at radius 3 is 2.75 bits per heavy atom. The third-order valence-electron chi connectivity index (χ3n) is 5.41. The lowest BCUT2D eigenvalue weighted by atomic mass is 9.94. The second-order valence-electron chi connectivity index (χ2n) is 6.96. The number of carbonyl (C=O) groups is 1. The smallest absolute Gasteiger partial charge is 0.227 e. The van der Waals surface area contributed by atoms with Crippen molar-refractivity contribution in [3.63, 3.8) is 0 Å². The molecule has 2 aromatic rings. The van der Waals surface area contributed by atoms with Crippen molar-refractivity contribution >= 4 is 28.6 Å². The van der Waals surface area contributed by atoms with E-state index in [2.05, 4.69) is 4.98 Å². The Balaban J connectivity index is 1.42. The Bertz CT molecular complexity index is 752. The van der Waals surface area contributed by atoms with Crippen LogP contribution in [0.1, 0.15) is 43.9 Å². The zero-order valence-electron chi connectivity index (χ0n) is 13.6. The Labute approximate surface area is 146 Å². The van der Waals surface area contributed by atoms with Gasteiger partial charge in [-0.05, 0) is 43.9 Å². The van der Waals surface area contributed by atoms with Gasteiger partial charge in [0.2, 0.25) is 5.91 Å². The summed E-state index contributed by atoms with van der Waals surface area (Å²) in [5.74, 6) is 1.28. The zero-order chi connectivity index (χ0) is 16.7. The third-order valence-corrected chi connectivity index (χ3v) is 5.64. The Morgan fingerprint density at radius 1 is 1.25 bits per heavy atom. The Kier molecular flexibility index (Phi) is 4.22. The number of hydrogen-bond acceptors (Lipinski definition) is 4. The summed E-state index contributed by atoms with van der Waals surface area (Å²) >= 11 is 6.01. The molecule has 6 heteroatoms. The third kappa shape index (κ3) is 2.91. The maximum atomic E-state index is 12.6. The van der Waals surface area contributed by atoms with E-state index in [1.807, 2.05) is 23.1 Å². The van der Waals surface area contributed by atoms with Crippen LogP contribution in [-0.4, -0.2) is 34.9 Å². The van der Waals surface area contributed by atoms with Gasteiger partial charge in [-0.3, -0.25) is 4.79 Å². The minimum absolute atomic E-state index is 0.0213. The zero-order valence-corrected chi connectivity index (χ0v) is 14.3. The van der Waals surface area contributed by atoms with Gasteiger partial charge >= 0.3 is 0 Å². The summed E-state index contributed by atoms with van der Waals surface area (Å²) in [6, 6.07) is 5.53. The summed E-state index contributed by atoms with van der Waals surface area (Å²) in [4.78, 5) is 19.2. The molecule has 0 spiro atoms. The van der Waals surface area contributed by atoms with Crippen molar-refractivity contribution in [2.75, 3.05) is 13.1 Å². The summed E-state index contributed by atoms with van der Waals surface area (Å²) in [5, 5.41) is 0.663. The highest BCUT2D eigenvalue weighted by atomic mass is 35.5. The van der Waals surface area contributed by atoms with E-state index in [1.165, 1.54) is 0 Å². The molecule has 0 unspecified atom stereocenters. The van der Waals surface area contributed by atoms with Crippen LogP contribution in [0.25, 0.3) is 11.1 Å². The lowest BCUT2D eigenvalue weighted by Crippen LogP contribution is -2.45. The van der Waals surface area contributed by atoms with E-state index in [9.17, 15) is 4.79 Å². The summed E-state index contributed by atoms with van der Waals surface area (Å²) < 4.78 is 5.88. The van der Waals surface area contributed by atoms with Crippen LogP contribution in [0.15, 0.2) is 22.6 Å². The molecule has 1 amide bonds. The van der Waals surface area contributed by atoms with Gasteiger partial charge < -0.3 is 15.1 Å². The minimum Gasteiger partial charge on any atom is -0.440 e. The van der Waals surface area contributed by atoms with Crippen LogP contribution in [0, 0.1) is 5.92 Å². The average Bonchev–Trinajstić information content (AvgIpc) is 3.20. The summed E-state index contributed by atoms with van der Waals surface area (Å²) in [6.07, 6.45) is 4.74. The number of aromatic nitrogens is 1. The molecule has 5 nitrogen and oxygen atoms in total. The normalized spacial score (nSPS) is 25.5. The van der Waals surface area contributed by atoms with E-state index >= 15 is 0 Å². The molecule has 1 saturated carbocycles. The van der Waals surface area contributed by atoms with Crippen molar-refractivity contribution in [1.82, 2.24) is 9.88 Å².